The summed E-state index contributed by atoms with van der Waals surface area (Å²) in [5, 5.41) is 4.90. The smallest absolute Gasteiger partial charge is 0.232 e. The van der Waals surface area contributed by atoms with Gasteiger partial charge in [-0.05, 0) is 32.3 Å². The van der Waals surface area contributed by atoms with Crippen LogP contribution in [-0.4, -0.2) is 46.3 Å². The summed E-state index contributed by atoms with van der Waals surface area (Å²) in [6.45, 7) is 4.90. The summed E-state index contributed by atoms with van der Waals surface area (Å²) in [5.74, 6) is 0.817. The van der Waals surface area contributed by atoms with Crippen molar-refractivity contribution in [3.63, 3.8) is 0 Å². The summed E-state index contributed by atoms with van der Waals surface area (Å²) < 4.78 is 2.26. The fourth-order valence-corrected chi connectivity index (χ4v) is 4.98. The number of nitrogens with one attached hydrogen (secondary N) is 1. The van der Waals surface area contributed by atoms with Crippen LogP contribution in [0, 0.1) is 0 Å². The quantitative estimate of drug-likeness (QED) is 0.867. The summed E-state index contributed by atoms with van der Waals surface area (Å²) in [4.78, 5) is 16.0. The van der Waals surface area contributed by atoms with E-state index in [1.165, 1.54) is 28.6 Å². The normalized spacial score (nSPS) is 23.6. The van der Waals surface area contributed by atoms with Crippen LogP contribution in [0.3, 0.4) is 0 Å². The maximum atomic E-state index is 12.7. The topological polar surface area (TPSA) is 37.3 Å². The van der Waals surface area contributed by atoms with Gasteiger partial charge in [-0.15, -0.1) is 11.8 Å². The first kappa shape index (κ1) is 16.0. The monoisotopic (exact) mass is 343 g/mol. The molecule has 1 aromatic heterocycles. The minimum Gasteiger partial charge on any atom is -0.347 e. The lowest BCUT2D eigenvalue weighted by atomic mass is 10.1. The van der Waals surface area contributed by atoms with Crippen LogP contribution in [0.25, 0.3) is 10.9 Å². The minimum absolute atomic E-state index is 0.280. The molecule has 0 saturated carbocycles. The largest absolute Gasteiger partial charge is 0.347 e. The highest BCUT2D eigenvalue weighted by Gasteiger charge is 2.31. The van der Waals surface area contributed by atoms with Gasteiger partial charge in [-0.25, -0.2) is 0 Å². The third kappa shape index (κ3) is 3.07. The van der Waals surface area contributed by atoms with Crippen molar-refractivity contribution >= 4 is 28.6 Å². The van der Waals surface area contributed by atoms with Crippen molar-refractivity contribution in [1.29, 1.82) is 0 Å². The summed E-state index contributed by atoms with van der Waals surface area (Å²) in [6.07, 6.45) is 5.78. The van der Waals surface area contributed by atoms with Crippen molar-refractivity contribution in [2.24, 2.45) is 0 Å². The maximum absolute atomic E-state index is 12.7. The highest BCUT2D eigenvalue weighted by molar-refractivity contribution is 8.00. The van der Waals surface area contributed by atoms with Gasteiger partial charge in [-0.3, -0.25) is 4.79 Å². The molecule has 0 unspecified atom stereocenters. The lowest BCUT2D eigenvalue weighted by molar-refractivity contribution is -0.128. The molecule has 2 aromatic rings. The fraction of sp³-hybridized carbons (Fsp3) is 0.526. The van der Waals surface area contributed by atoms with Crippen LogP contribution < -0.4 is 5.32 Å². The molecule has 3 heterocycles. The first-order valence-corrected chi connectivity index (χ1v) is 9.97. The van der Waals surface area contributed by atoms with E-state index in [9.17, 15) is 4.79 Å². The number of aryl methyl sites for hydroxylation is 1. The molecule has 0 radical (unpaired) electrons. The lowest BCUT2D eigenvalue weighted by Gasteiger charge is -2.24. The Balaban J connectivity index is 1.44. The molecular formula is C19H25N3OS. The molecule has 1 aromatic carbocycles. The summed E-state index contributed by atoms with van der Waals surface area (Å²) >= 11 is 1.68. The zero-order valence-corrected chi connectivity index (χ0v) is 15.0. The second-order valence-corrected chi connectivity index (χ2v) is 7.87. The highest BCUT2D eigenvalue weighted by Crippen LogP contribution is 2.30. The van der Waals surface area contributed by atoms with E-state index < -0.39 is 0 Å². The van der Waals surface area contributed by atoms with Crippen LogP contribution in [0.4, 0.5) is 0 Å². The van der Waals surface area contributed by atoms with Crippen LogP contribution >= 0.6 is 11.8 Å². The third-order valence-corrected chi connectivity index (χ3v) is 6.35. The molecule has 2 aliphatic heterocycles. The Morgan fingerprint density at radius 3 is 2.96 bits per heavy atom. The average Bonchev–Trinajstić information content (AvgIpc) is 3.12. The third-order valence-electron chi connectivity index (χ3n) is 5.32. The Labute approximate surface area is 147 Å². The number of carbonyl (C=O) groups excluding carboxylic acids is 1. The number of nitrogens with zero attached hydrogens (tertiary/aromatic N) is 2. The van der Waals surface area contributed by atoms with Crippen LogP contribution in [0.15, 0.2) is 35.4 Å². The second kappa shape index (κ2) is 6.81. The molecule has 0 aliphatic carbocycles. The Bertz CT molecular complexity index is 741. The number of likely N-dealkylation sites (tertiary alicyclic amines) is 1. The number of amides is 1. The minimum atomic E-state index is 0.280. The Hall–Kier alpha value is -1.46. The Morgan fingerprint density at radius 1 is 1.25 bits per heavy atom. The van der Waals surface area contributed by atoms with Crippen molar-refractivity contribution in [2.75, 3.05) is 18.8 Å². The lowest BCUT2D eigenvalue weighted by Crippen LogP contribution is -2.39. The van der Waals surface area contributed by atoms with Crippen LogP contribution in [0.5, 0.6) is 0 Å². The molecule has 2 saturated heterocycles. The van der Waals surface area contributed by atoms with Gasteiger partial charge in [0.2, 0.25) is 5.91 Å². The molecule has 4 rings (SSSR count). The number of fused-ring (bicyclic) bond motifs is 3. The first-order valence-electron chi connectivity index (χ1n) is 8.99. The van der Waals surface area contributed by atoms with E-state index in [1.54, 1.807) is 11.8 Å². The van der Waals surface area contributed by atoms with Gasteiger partial charge in [0.1, 0.15) is 0 Å². The van der Waals surface area contributed by atoms with Gasteiger partial charge in [0, 0.05) is 53.7 Å². The summed E-state index contributed by atoms with van der Waals surface area (Å²) in [5.41, 5.74) is 1.26. The number of thioether (sulfide) groups is 1. The van der Waals surface area contributed by atoms with E-state index in [4.69, 9.17) is 0 Å². The van der Waals surface area contributed by atoms with E-state index in [1.807, 2.05) is 0 Å². The molecule has 1 amide bonds. The van der Waals surface area contributed by atoms with Crippen LogP contribution in [0.2, 0.25) is 0 Å². The van der Waals surface area contributed by atoms with Crippen molar-refractivity contribution in [3.8, 4) is 0 Å². The molecular weight excluding hydrogens is 318 g/mol. The molecule has 4 nitrogen and oxygen atoms in total. The van der Waals surface area contributed by atoms with Crippen molar-refractivity contribution in [3.05, 3.63) is 30.5 Å². The first-order chi connectivity index (χ1) is 11.7. The molecule has 24 heavy (non-hydrogen) atoms. The zero-order chi connectivity index (χ0) is 16.5. The molecule has 1 N–H and O–H groups in total. The standard InChI is InChI=1S/C19H25N3OS/c1-2-21-12-18(16-5-3-4-6-17(16)21)24-13-19(23)22-10-9-14-7-8-15(11-22)20-14/h3-6,12,14-15,20H,2,7-11,13H2,1H3/t14-,15+/m1/s1. The summed E-state index contributed by atoms with van der Waals surface area (Å²) in [7, 11) is 0. The molecule has 2 aliphatic rings. The van der Waals surface area contributed by atoms with E-state index in [-0.39, 0.29) is 5.91 Å². The van der Waals surface area contributed by atoms with E-state index >= 15 is 0 Å². The number of benzene rings is 1. The van der Waals surface area contributed by atoms with Crippen LogP contribution in [-0.2, 0) is 11.3 Å². The van der Waals surface area contributed by atoms with Gasteiger partial charge in [-0.1, -0.05) is 18.2 Å². The zero-order valence-electron chi connectivity index (χ0n) is 14.2. The number of para-hydroxylation sites is 1. The molecule has 128 valence electrons. The van der Waals surface area contributed by atoms with E-state index in [2.05, 4.69) is 52.2 Å². The predicted molar refractivity (Wildman–Crippen MR) is 99.5 cm³/mol. The van der Waals surface area contributed by atoms with Crippen molar-refractivity contribution in [1.82, 2.24) is 14.8 Å². The molecule has 2 fully saturated rings. The number of rotatable bonds is 4. The van der Waals surface area contributed by atoms with Crippen molar-refractivity contribution in [2.45, 2.75) is 49.7 Å². The van der Waals surface area contributed by atoms with Gasteiger partial charge in [0.05, 0.1) is 5.75 Å². The average molecular weight is 343 g/mol. The van der Waals surface area contributed by atoms with Gasteiger partial charge >= 0.3 is 0 Å². The van der Waals surface area contributed by atoms with Crippen LogP contribution in [0.1, 0.15) is 26.2 Å². The Kier molecular flexibility index (Phi) is 4.55. The number of hydrogen-bond donors (Lipinski definition) is 1. The van der Waals surface area contributed by atoms with Crippen molar-refractivity contribution < 1.29 is 4.79 Å². The molecule has 0 spiro atoms. The highest BCUT2D eigenvalue weighted by atomic mass is 32.2. The maximum Gasteiger partial charge on any atom is 0.232 e. The summed E-state index contributed by atoms with van der Waals surface area (Å²) in [6, 6.07) is 9.60. The van der Waals surface area contributed by atoms with Gasteiger partial charge in [0.15, 0.2) is 0 Å². The molecule has 2 bridgehead atoms. The van der Waals surface area contributed by atoms with E-state index in [0.717, 1.165) is 26.1 Å². The molecule has 2 atom stereocenters. The predicted octanol–water partition coefficient (Wildman–Crippen LogP) is 3.11. The fourth-order valence-electron chi connectivity index (χ4n) is 3.99. The number of aromatic nitrogens is 1. The van der Waals surface area contributed by atoms with E-state index in [0.29, 0.717) is 17.8 Å². The van der Waals surface area contributed by atoms with Gasteiger partial charge < -0.3 is 14.8 Å². The number of carbonyl (C=O) groups is 1. The molecule has 5 heteroatoms. The SMILES string of the molecule is CCn1cc(SCC(=O)N2CC[C@H]3CC[C@@H](C2)N3)c2ccccc21. The Morgan fingerprint density at radius 2 is 2.08 bits per heavy atom. The second-order valence-electron chi connectivity index (χ2n) is 6.85. The van der Waals surface area contributed by atoms with Gasteiger partial charge in [-0.2, -0.15) is 0 Å². The van der Waals surface area contributed by atoms with Gasteiger partial charge in [0.25, 0.3) is 0 Å². The number of hydrogen-bond acceptors (Lipinski definition) is 3.